The van der Waals surface area contributed by atoms with Crippen LogP contribution in [-0.4, -0.2) is 16.9 Å². The number of rotatable bonds is 3. The van der Waals surface area contributed by atoms with E-state index in [2.05, 4.69) is 17.2 Å². The summed E-state index contributed by atoms with van der Waals surface area (Å²) in [6, 6.07) is 9.02. The Morgan fingerprint density at radius 3 is 2.83 bits per heavy atom. The molecule has 120 valence electrons. The summed E-state index contributed by atoms with van der Waals surface area (Å²) in [6.45, 7) is 2.11. The molecule has 2 aromatic rings. The molecular weight excluding hydrogens is 288 g/mol. The van der Waals surface area contributed by atoms with Crippen LogP contribution < -0.4 is 10.9 Å². The lowest BCUT2D eigenvalue weighted by molar-refractivity contribution is 0.0917. The number of H-pyrrole nitrogens is 1. The van der Waals surface area contributed by atoms with E-state index in [4.69, 9.17) is 0 Å². The number of carbonyl (C=O) groups excluding carboxylic acids is 1. The fourth-order valence-electron chi connectivity index (χ4n) is 4.69. The monoisotopic (exact) mass is 310 g/mol. The van der Waals surface area contributed by atoms with Gasteiger partial charge in [-0.05, 0) is 50.0 Å². The number of hydrogen-bond donors (Lipinski definition) is 2. The summed E-state index contributed by atoms with van der Waals surface area (Å²) < 4.78 is 0. The predicted molar refractivity (Wildman–Crippen MR) is 90.4 cm³/mol. The van der Waals surface area contributed by atoms with Crippen LogP contribution in [0.4, 0.5) is 0 Å². The third kappa shape index (κ3) is 2.56. The lowest BCUT2D eigenvalue weighted by atomic mass is 9.84. The molecular formula is C19H22N2O2. The Morgan fingerprint density at radius 1 is 1.26 bits per heavy atom. The molecule has 4 atom stereocenters. The fraction of sp³-hybridized carbons (Fsp3) is 0.474. The van der Waals surface area contributed by atoms with E-state index in [1.807, 2.05) is 24.3 Å². The molecule has 2 aliphatic carbocycles. The summed E-state index contributed by atoms with van der Waals surface area (Å²) in [5.41, 5.74) is 0.943. The number of pyridine rings is 1. The maximum atomic E-state index is 12.7. The minimum Gasteiger partial charge on any atom is -0.349 e. The van der Waals surface area contributed by atoms with Gasteiger partial charge in [0.25, 0.3) is 5.91 Å². The number of aromatic nitrogens is 1. The standard InChI is InChI=1S/C19H22N2O2/c1-11(15-9-12-6-7-13(15)8-12)20-19(23)16-10-18(22)21-17-5-3-2-4-14(16)17/h2-5,10-13,15H,6-9H2,1H3,(H,20,23)(H,21,22)/t11-,12+,13+,15+/m0/s1. The van der Waals surface area contributed by atoms with Crippen LogP contribution in [-0.2, 0) is 0 Å². The molecule has 1 aromatic heterocycles. The van der Waals surface area contributed by atoms with Gasteiger partial charge < -0.3 is 10.3 Å². The Kier molecular flexibility index (Phi) is 3.47. The van der Waals surface area contributed by atoms with Crippen molar-refractivity contribution in [2.75, 3.05) is 0 Å². The largest absolute Gasteiger partial charge is 0.349 e. The van der Waals surface area contributed by atoms with Gasteiger partial charge in [0, 0.05) is 23.0 Å². The molecule has 0 radical (unpaired) electrons. The average molecular weight is 310 g/mol. The van der Waals surface area contributed by atoms with Crippen molar-refractivity contribution in [3.63, 3.8) is 0 Å². The normalized spacial score (nSPS) is 27.3. The number of aromatic amines is 1. The summed E-state index contributed by atoms with van der Waals surface area (Å²) in [4.78, 5) is 27.3. The lowest BCUT2D eigenvalue weighted by Gasteiger charge is -2.28. The van der Waals surface area contributed by atoms with Crippen molar-refractivity contribution in [2.24, 2.45) is 17.8 Å². The highest BCUT2D eigenvalue weighted by atomic mass is 16.2. The Balaban J connectivity index is 1.58. The smallest absolute Gasteiger partial charge is 0.252 e. The van der Waals surface area contributed by atoms with Crippen LogP contribution in [0.15, 0.2) is 35.1 Å². The first kappa shape index (κ1) is 14.5. The molecule has 0 spiro atoms. The quantitative estimate of drug-likeness (QED) is 0.915. The van der Waals surface area contributed by atoms with Crippen LogP contribution >= 0.6 is 0 Å². The maximum absolute atomic E-state index is 12.7. The van der Waals surface area contributed by atoms with E-state index in [0.717, 1.165) is 17.2 Å². The van der Waals surface area contributed by atoms with Crippen molar-refractivity contribution in [1.29, 1.82) is 0 Å². The van der Waals surface area contributed by atoms with Gasteiger partial charge in [-0.2, -0.15) is 0 Å². The highest BCUT2D eigenvalue weighted by Crippen LogP contribution is 2.49. The van der Waals surface area contributed by atoms with E-state index >= 15 is 0 Å². The van der Waals surface area contributed by atoms with Crippen molar-refractivity contribution < 1.29 is 4.79 Å². The van der Waals surface area contributed by atoms with Crippen LogP contribution in [0, 0.1) is 17.8 Å². The molecule has 2 aliphatic rings. The van der Waals surface area contributed by atoms with Crippen molar-refractivity contribution in [1.82, 2.24) is 10.3 Å². The molecule has 0 unspecified atom stereocenters. The lowest BCUT2D eigenvalue weighted by Crippen LogP contribution is -2.40. The van der Waals surface area contributed by atoms with Crippen LogP contribution in [0.3, 0.4) is 0 Å². The predicted octanol–water partition coefficient (Wildman–Crippen LogP) is 3.08. The van der Waals surface area contributed by atoms with Gasteiger partial charge in [-0.25, -0.2) is 0 Å². The van der Waals surface area contributed by atoms with Gasteiger partial charge in [-0.15, -0.1) is 0 Å². The van der Waals surface area contributed by atoms with Crippen LogP contribution in [0.5, 0.6) is 0 Å². The summed E-state index contributed by atoms with van der Waals surface area (Å²) in [5.74, 6) is 2.09. The Hall–Kier alpha value is -2.10. The number of nitrogens with one attached hydrogen (secondary N) is 2. The number of fused-ring (bicyclic) bond motifs is 3. The maximum Gasteiger partial charge on any atom is 0.252 e. The SMILES string of the molecule is C[C@H](NC(=O)c1cc(=O)[nH]c2ccccc12)[C@H]1C[C@@H]2CC[C@@H]1C2. The minimum absolute atomic E-state index is 0.137. The highest BCUT2D eigenvalue weighted by Gasteiger charge is 2.42. The molecule has 1 amide bonds. The second-order valence-corrected chi connectivity index (χ2v) is 7.19. The molecule has 2 bridgehead atoms. The number of benzene rings is 1. The van der Waals surface area contributed by atoms with Gasteiger partial charge in [0.1, 0.15) is 0 Å². The summed E-state index contributed by atoms with van der Waals surface area (Å²) in [6.07, 6.45) is 5.24. The van der Waals surface area contributed by atoms with Gasteiger partial charge in [0.05, 0.1) is 5.56 Å². The van der Waals surface area contributed by atoms with Crippen LogP contribution in [0.2, 0.25) is 0 Å². The third-order valence-corrected chi connectivity index (χ3v) is 5.79. The molecule has 1 heterocycles. The zero-order valence-electron chi connectivity index (χ0n) is 13.3. The van der Waals surface area contributed by atoms with Crippen molar-refractivity contribution in [2.45, 2.75) is 38.6 Å². The van der Waals surface area contributed by atoms with Gasteiger partial charge in [0.15, 0.2) is 0 Å². The van der Waals surface area contributed by atoms with Gasteiger partial charge in [-0.3, -0.25) is 9.59 Å². The van der Waals surface area contributed by atoms with Crippen LogP contribution in [0.1, 0.15) is 43.0 Å². The zero-order chi connectivity index (χ0) is 16.0. The van der Waals surface area contributed by atoms with E-state index in [1.165, 1.54) is 31.7 Å². The van der Waals surface area contributed by atoms with E-state index in [9.17, 15) is 9.59 Å². The molecule has 0 aliphatic heterocycles. The van der Waals surface area contributed by atoms with Gasteiger partial charge in [0.2, 0.25) is 5.56 Å². The Labute approximate surface area is 135 Å². The van der Waals surface area contributed by atoms with E-state index < -0.39 is 0 Å². The number of hydrogen-bond acceptors (Lipinski definition) is 2. The van der Waals surface area contributed by atoms with Crippen molar-refractivity contribution >= 4 is 16.8 Å². The second kappa shape index (κ2) is 5.52. The van der Waals surface area contributed by atoms with Gasteiger partial charge in [-0.1, -0.05) is 24.6 Å². The highest BCUT2D eigenvalue weighted by molar-refractivity contribution is 6.06. The fourth-order valence-corrected chi connectivity index (χ4v) is 4.69. The molecule has 2 saturated carbocycles. The molecule has 4 heteroatoms. The molecule has 1 aromatic carbocycles. The van der Waals surface area contributed by atoms with Crippen molar-refractivity contribution in [3.8, 4) is 0 Å². The summed E-state index contributed by atoms with van der Waals surface area (Å²) in [7, 11) is 0. The first-order valence-corrected chi connectivity index (χ1v) is 8.55. The topological polar surface area (TPSA) is 62.0 Å². The first-order chi connectivity index (χ1) is 11.1. The number of carbonyl (C=O) groups is 1. The Morgan fingerprint density at radius 2 is 2.09 bits per heavy atom. The third-order valence-electron chi connectivity index (χ3n) is 5.79. The molecule has 2 fully saturated rings. The van der Waals surface area contributed by atoms with Gasteiger partial charge >= 0.3 is 0 Å². The molecule has 4 rings (SSSR count). The molecule has 2 N–H and O–H groups in total. The minimum atomic E-state index is -0.235. The average Bonchev–Trinajstić information content (AvgIpc) is 3.17. The number of para-hydroxylation sites is 1. The molecule has 0 saturated heterocycles. The summed E-state index contributed by atoms with van der Waals surface area (Å²) in [5, 5.41) is 3.95. The van der Waals surface area contributed by atoms with E-state index in [-0.39, 0.29) is 17.5 Å². The molecule has 4 nitrogen and oxygen atoms in total. The van der Waals surface area contributed by atoms with Crippen LogP contribution in [0.25, 0.3) is 10.9 Å². The van der Waals surface area contributed by atoms with E-state index in [1.54, 1.807) is 0 Å². The van der Waals surface area contributed by atoms with Crippen molar-refractivity contribution in [3.05, 3.63) is 46.2 Å². The first-order valence-electron chi connectivity index (χ1n) is 8.55. The molecule has 23 heavy (non-hydrogen) atoms. The summed E-state index contributed by atoms with van der Waals surface area (Å²) >= 11 is 0. The van der Waals surface area contributed by atoms with E-state index in [0.29, 0.717) is 17.0 Å². The zero-order valence-corrected chi connectivity index (χ0v) is 13.3. The Bertz CT molecular complexity index is 810. The number of amides is 1. The second-order valence-electron chi connectivity index (χ2n) is 7.19.